The Morgan fingerprint density at radius 3 is 1.65 bits per heavy atom. The summed E-state index contributed by atoms with van der Waals surface area (Å²) >= 11 is 0. The number of rotatable bonds is 4. The Kier molecular flexibility index (Phi) is 3.61. The van der Waals surface area contributed by atoms with E-state index < -0.39 is 0 Å². The molecule has 1 nitrogen and oxygen atoms in total. The molecule has 0 aliphatic rings. The number of hydrogen-bond acceptors (Lipinski definition) is 1. The molecule has 86 valence electrons. The summed E-state index contributed by atoms with van der Waals surface area (Å²) in [4.78, 5) is 0. The maximum absolute atomic E-state index is 11.3. The van der Waals surface area contributed by atoms with Crippen molar-refractivity contribution in [2.24, 2.45) is 0 Å². The average Bonchev–Trinajstić information content (AvgIpc) is 2.38. The van der Waals surface area contributed by atoms with Crippen molar-refractivity contribution in [2.75, 3.05) is 0 Å². The standard InChI is InChI=1S/C16H16O/c1-13(17)12-16(14-8-4-2-5-9-14)15-10-6-3-7-11-15/h2-11,16-17H,1,12H2/p-1. The zero-order valence-corrected chi connectivity index (χ0v) is 9.67. The van der Waals surface area contributed by atoms with Gasteiger partial charge in [-0.25, -0.2) is 0 Å². The molecular weight excluding hydrogens is 208 g/mol. The highest BCUT2D eigenvalue weighted by Gasteiger charge is 2.12. The molecule has 0 fully saturated rings. The normalized spacial score (nSPS) is 10.4. The second-order valence-electron chi connectivity index (χ2n) is 4.12. The third kappa shape index (κ3) is 2.97. The Bertz CT molecular complexity index is 434. The molecule has 0 aromatic heterocycles. The molecule has 0 radical (unpaired) electrons. The molecule has 17 heavy (non-hydrogen) atoms. The Hall–Kier alpha value is -2.02. The monoisotopic (exact) mass is 223 g/mol. The second-order valence-corrected chi connectivity index (χ2v) is 4.12. The van der Waals surface area contributed by atoms with Crippen LogP contribution in [0.3, 0.4) is 0 Å². The molecular formula is C16H15O-. The van der Waals surface area contributed by atoms with Crippen LogP contribution in [0.15, 0.2) is 73.0 Å². The summed E-state index contributed by atoms with van der Waals surface area (Å²) in [5.74, 6) is 0.0881. The van der Waals surface area contributed by atoms with E-state index in [4.69, 9.17) is 0 Å². The van der Waals surface area contributed by atoms with Crippen molar-refractivity contribution in [1.82, 2.24) is 0 Å². The molecule has 0 unspecified atom stereocenters. The lowest BCUT2D eigenvalue weighted by molar-refractivity contribution is -0.306. The maximum Gasteiger partial charge on any atom is 0.0118 e. The van der Waals surface area contributed by atoms with Gasteiger partial charge < -0.3 is 5.11 Å². The number of hydrogen-bond donors (Lipinski definition) is 0. The Morgan fingerprint density at radius 1 is 0.882 bits per heavy atom. The first-order chi connectivity index (χ1) is 8.27. The second kappa shape index (κ2) is 5.35. The van der Waals surface area contributed by atoms with Crippen molar-refractivity contribution in [1.29, 1.82) is 0 Å². The first-order valence-corrected chi connectivity index (χ1v) is 5.72. The predicted octanol–water partition coefficient (Wildman–Crippen LogP) is 3.08. The lowest BCUT2D eigenvalue weighted by atomic mass is 9.88. The predicted molar refractivity (Wildman–Crippen MR) is 68.5 cm³/mol. The summed E-state index contributed by atoms with van der Waals surface area (Å²) in [7, 11) is 0. The molecule has 1 heteroatoms. The van der Waals surface area contributed by atoms with Crippen molar-refractivity contribution >= 4 is 0 Å². The van der Waals surface area contributed by atoms with E-state index in [1.807, 2.05) is 36.4 Å². The quantitative estimate of drug-likeness (QED) is 0.730. The zero-order chi connectivity index (χ0) is 12.1. The number of benzene rings is 2. The van der Waals surface area contributed by atoms with E-state index in [1.165, 1.54) is 0 Å². The van der Waals surface area contributed by atoms with Gasteiger partial charge in [0.25, 0.3) is 0 Å². The fraction of sp³-hybridized carbons (Fsp3) is 0.125. The summed E-state index contributed by atoms with van der Waals surface area (Å²) in [6.45, 7) is 3.49. The highest BCUT2D eigenvalue weighted by molar-refractivity contribution is 5.33. The van der Waals surface area contributed by atoms with Gasteiger partial charge in [-0.1, -0.05) is 60.7 Å². The molecule has 0 atom stereocenters. The lowest BCUT2D eigenvalue weighted by Gasteiger charge is -2.21. The summed E-state index contributed by atoms with van der Waals surface area (Å²) in [5, 5.41) is 11.3. The fourth-order valence-electron chi connectivity index (χ4n) is 2.03. The van der Waals surface area contributed by atoms with Gasteiger partial charge in [0.05, 0.1) is 0 Å². The van der Waals surface area contributed by atoms with Gasteiger partial charge in [0.15, 0.2) is 0 Å². The van der Waals surface area contributed by atoms with E-state index in [-0.39, 0.29) is 11.7 Å². The molecule has 0 saturated heterocycles. The van der Waals surface area contributed by atoms with Gasteiger partial charge in [-0.2, -0.15) is 0 Å². The van der Waals surface area contributed by atoms with Gasteiger partial charge in [-0.15, -0.1) is 12.3 Å². The third-order valence-corrected chi connectivity index (χ3v) is 2.84. The van der Waals surface area contributed by atoms with Crippen LogP contribution in [0.5, 0.6) is 0 Å². The van der Waals surface area contributed by atoms with Gasteiger partial charge in [-0.3, -0.25) is 0 Å². The van der Waals surface area contributed by atoms with Crippen LogP contribution in [0.1, 0.15) is 23.5 Å². The van der Waals surface area contributed by atoms with E-state index in [9.17, 15) is 5.11 Å². The SMILES string of the molecule is C=C([O-])CC(c1ccccc1)c1ccccc1. The Morgan fingerprint density at radius 2 is 1.29 bits per heavy atom. The fourth-order valence-corrected chi connectivity index (χ4v) is 2.03. The van der Waals surface area contributed by atoms with Crippen LogP contribution in [-0.2, 0) is 0 Å². The molecule has 2 aromatic carbocycles. The largest absolute Gasteiger partial charge is 0.876 e. The minimum Gasteiger partial charge on any atom is -0.876 e. The van der Waals surface area contributed by atoms with Gasteiger partial charge in [0, 0.05) is 5.92 Å². The minimum absolute atomic E-state index is 0.0253. The van der Waals surface area contributed by atoms with E-state index in [1.54, 1.807) is 0 Å². The van der Waals surface area contributed by atoms with Crippen LogP contribution in [0.25, 0.3) is 0 Å². The highest BCUT2D eigenvalue weighted by Crippen LogP contribution is 2.28. The van der Waals surface area contributed by atoms with E-state index in [0.29, 0.717) is 6.42 Å². The van der Waals surface area contributed by atoms with Gasteiger partial charge >= 0.3 is 0 Å². The van der Waals surface area contributed by atoms with Crippen LogP contribution in [0.4, 0.5) is 0 Å². The van der Waals surface area contributed by atoms with Gasteiger partial charge in [-0.05, 0) is 17.5 Å². The Labute approximate surface area is 102 Å². The van der Waals surface area contributed by atoms with E-state index in [0.717, 1.165) is 11.1 Å². The summed E-state index contributed by atoms with van der Waals surface area (Å²) in [6.07, 6.45) is 0.452. The van der Waals surface area contributed by atoms with Gasteiger partial charge in [0.1, 0.15) is 0 Å². The number of allylic oxidation sites excluding steroid dienone is 1. The topological polar surface area (TPSA) is 23.1 Å². The summed E-state index contributed by atoms with van der Waals surface area (Å²) in [6, 6.07) is 20.2. The molecule has 0 aliphatic heterocycles. The molecule has 0 bridgehead atoms. The molecule has 2 aromatic rings. The van der Waals surface area contributed by atoms with Crippen molar-refractivity contribution in [3.05, 3.63) is 84.1 Å². The summed E-state index contributed by atoms with van der Waals surface area (Å²) in [5.41, 5.74) is 2.33. The van der Waals surface area contributed by atoms with Crippen molar-refractivity contribution in [3.63, 3.8) is 0 Å². The van der Waals surface area contributed by atoms with Crippen molar-refractivity contribution < 1.29 is 5.11 Å². The molecule has 0 N–H and O–H groups in total. The average molecular weight is 223 g/mol. The van der Waals surface area contributed by atoms with Crippen LogP contribution < -0.4 is 5.11 Å². The summed E-state index contributed by atoms with van der Waals surface area (Å²) < 4.78 is 0. The molecule has 0 saturated carbocycles. The maximum atomic E-state index is 11.3. The Balaban J connectivity index is 2.36. The first kappa shape index (κ1) is 11.5. The minimum atomic E-state index is -0.0253. The first-order valence-electron chi connectivity index (χ1n) is 5.72. The van der Waals surface area contributed by atoms with Crippen LogP contribution in [0.2, 0.25) is 0 Å². The van der Waals surface area contributed by atoms with E-state index >= 15 is 0 Å². The molecule has 0 spiro atoms. The smallest absolute Gasteiger partial charge is 0.0118 e. The van der Waals surface area contributed by atoms with Crippen molar-refractivity contribution in [2.45, 2.75) is 12.3 Å². The van der Waals surface area contributed by atoms with Crippen LogP contribution >= 0.6 is 0 Å². The van der Waals surface area contributed by atoms with Crippen molar-refractivity contribution in [3.8, 4) is 0 Å². The molecule has 0 aliphatic carbocycles. The highest BCUT2D eigenvalue weighted by atomic mass is 16.3. The molecule has 0 heterocycles. The van der Waals surface area contributed by atoms with Gasteiger partial charge in [0.2, 0.25) is 0 Å². The van der Waals surface area contributed by atoms with Crippen LogP contribution in [0, 0.1) is 0 Å². The lowest BCUT2D eigenvalue weighted by Crippen LogP contribution is -2.09. The molecule has 0 amide bonds. The zero-order valence-electron chi connectivity index (χ0n) is 9.67. The van der Waals surface area contributed by atoms with Crippen LogP contribution in [-0.4, -0.2) is 0 Å². The third-order valence-electron chi connectivity index (χ3n) is 2.84. The molecule has 2 rings (SSSR count). The van der Waals surface area contributed by atoms with E-state index in [2.05, 4.69) is 30.8 Å².